The van der Waals surface area contributed by atoms with Crippen molar-refractivity contribution in [3.05, 3.63) is 71.0 Å². The number of likely N-dealkylation sites (tertiary alicyclic amines) is 1. The minimum Gasteiger partial charge on any atom is -0.493 e. The molecule has 5 nitrogen and oxygen atoms in total. The number of aryl methyl sites for hydroxylation is 3. The normalized spacial score (nSPS) is 15.3. The molecule has 3 heterocycles. The molecule has 0 atom stereocenters. The van der Waals surface area contributed by atoms with Crippen LogP contribution in [0.4, 0.5) is 0 Å². The van der Waals surface area contributed by atoms with Crippen LogP contribution >= 0.6 is 0 Å². The zero-order valence-electron chi connectivity index (χ0n) is 20.7. The van der Waals surface area contributed by atoms with Crippen molar-refractivity contribution >= 4 is 10.9 Å². The van der Waals surface area contributed by atoms with Crippen LogP contribution in [0.5, 0.6) is 5.75 Å². The molecular formula is C29H36N4O. The van der Waals surface area contributed by atoms with Crippen molar-refractivity contribution in [3.8, 4) is 17.3 Å². The van der Waals surface area contributed by atoms with E-state index in [0.29, 0.717) is 5.92 Å². The quantitative estimate of drug-likeness (QED) is 0.302. The number of rotatable bonds is 8. The van der Waals surface area contributed by atoms with Crippen LogP contribution in [0, 0.1) is 13.8 Å². The van der Waals surface area contributed by atoms with Crippen molar-refractivity contribution in [3.63, 3.8) is 0 Å². The molecule has 5 heteroatoms. The second-order valence-electron chi connectivity index (χ2n) is 9.67. The lowest BCUT2D eigenvalue weighted by atomic mass is 9.87. The van der Waals surface area contributed by atoms with Crippen molar-refractivity contribution in [2.24, 2.45) is 0 Å². The molecule has 1 aliphatic rings. The maximum Gasteiger partial charge on any atom is 0.154 e. The molecule has 0 aliphatic carbocycles. The number of aromatic nitrogens is 3. The minimum atomic E-state index is 0.705. The van der Waals surface area contributed by atoms with E-state index in [0.717, 1.165) is 59.9 Å². The lowest BCUT2D eigenvalue weighted by molar-refractivity contribution is 0.193. The number of benzene rings is 2. The molecule has 1 saturated heterocycles. The predicted molar refractivity (Wildman–Crippen MR) is 140 cm³/mol. The van der Waals surface area contributed by atoms with E-state index in [1.165, 1.54) is 42.6 Å². The molecule has 5 rings (SSSR count). The zero-order valence-corrected chi connectivity index (χ0v) is 20.7. The fourth-order valence-electron chi connectivity index (χ4n) is 5.22. The van der Waals surface area contributed by atoms with Gasteiger partial charge in [-0.2, -0.15) is 0 Å². The predicted octanol–water partition coefficient (Wildman–Crippen LogP) is 6.39. The molecule has 1 fully saturated rings. The van der Waals surface area contributed by atoms with Crippen molar-refractivity contribution in [1.82, 2.24) is 19.9 Å². The van der Waals surface area contributed by atoms with Gasteiger partial charge in [-0.3, -0.25) is 0 Å². The molecule has 0 spiro atoms. The highest BCUT2D eigenvalue weighted by molar-refractivity contribution is 5.90. The van der Waals surface area contributed by atoms with E-state index < -0.39 is 0 Å². The van der Waals surface area contributed by atoms with Crippen molar-refractivity contribution in [2.45, 2.75) is 52.4 Å². The van der Waals surface area contributed by atoms with Gasteiger partial charge in [-0.25, -0.2) is 4.98 Å². The van der Waals surface area contributed by atoms with Crippen LogP contribution in [0.2, 0.25) is 0 Å². The number of hydrogen-bond acceptors (Lipinski definition) is 3. The van der Waals surface area contributed by atoms with Crippen LogP contribution in [0.25, 0.3) is 22.4 Å². The molecule has 4 aromatic rings. The zero-order chi connectivity index (χ0) is 23.5. The summed E-state index contributed by atoms with van der Waals surface area (Å²) in [6.07, 6.45) is 6.53. The molecular weight excluding hydrogens is 420 g/mol. The molecule has 34 heavy (non-hydrogen) atoms. The number of ether oxygens (including phenoxy) is 1. The lowest BCUT2D eigenvalue weighted by Crippen LogP contribution is -2.34. The Balaban J connectivity index is 1.12. The summed E-state index contributed by atoms with van der Waals surface area (Å²) in [5, 5.41) is 1.11. The Morgan fingerprint density at radius 2 is 1.91 bits per heavy atom. The molecule has 0 amide bonds. The van der Waals surface area contributed by atoms with Gasteiger partial charge in [-0.15, -0.1) is 0 Å². The first-order chi connectivity index (χ1) is 16.6. The van der Waals surface area contributed by atoms with Gasteiger partial charge in [0, 0.05) is 29.3 Å². The SMILES string of the molecule is CCc1cc(C2CCN(CCCOc3cccc4[nH]c(-c5ncc(C)[nH]5)cc34)CC2)ccc1C. The minimum absolute atomic E-state index is 0.705. The van der Waals surface area contributed by atoms with E-state index in [4.69, 9.17) is 4.74 Å². The van der Waals surface area contributed by atoms with E-state index in [-0.39, 0.29) is 0 Å². The number of hydrogen-bond donors (Lipinski definition) is 2. The topological polar surface area (TPSA) is 56.9 Å². The Hall–Kier alpha value is -3.05. The molecule has 0 saturated carbocycles. The third-order valence-corrected chi connectivity index (χ3v) is 7.27. The summed E-state index contributed by atoms with van der Waals surface area (Å²) in [5.74, 6) is 2.50. The fraction of sp³-hybridized carbons (Fsp3) is 0.414. The van der Waals surface area contributed by atoms with Crippen LogP contribution in [-0.4, -0.2) is 46.1 Å². The van der Waals surface area contributed by atoms with Gasteiger partial charge in [-0.05, 0) is 93.4 Å². The monoisotopic (exact) mass is 456 g/mol. The average Bonchev–Trinajstić information content (AvgIpc) is 3.49. The molecule has 178 valence electrons. The van der Waals surface area contributed by atoms with E-state index in [1.54, 1.807) is 0 Å². The number of nitrogens with one attached hydrogen (secondary N) is 2. The van der Waals surface area contributed by atoms with Gasteiger partial charge in [0.15, 0.2) is 5.82 Å². The second kappa shape index (κ2) is 10.1. The smallest absolute Gasteiger partial charge is 0.154 e. The summed E-state index contributed by atoms with van der Waals surface area (Å²) in [6.45, 7) is 10.7. The van der Waals surface area contributed by atoms with Crippen LogP contribution < -0.4 is 4.74 Å². The van der Waals surface area contributed by atoms with Gasteiger partial charge >= 0.3 is 0 Å². The standard InChI is InChI=1S/C29H36N4O/c1-4-22-17-24(10-9-20(22)2)23-11-14-33(15-12-23)13-6-16-34-28-8-5-7-26-25(28)18-27(32-26)29-30-19-21(3)31-29/h5,7-10,17-19,23,32H,4,6,11-16H2,1-3H3,(H,30,31). The maximum absolute atomic E-state index is 6.21. The molecule has 0 radical (unpaired) electrons. The number of fused-ring (bicyclic) bond motifs is 1. The molecule has 2 aromatic heterocycles. The van der Waals surface area contributed by atoms with Gasteiger partial charge in [0.1, 0.15) is 5.75 Å². The molecule has 1 aliphatic heterocycles. The van der Waals surface area contributed by atoms with Crippen molar-refractivity contribution in [2.75, 3.05) is 26.2 Å². The third-order valence-electron chi connectivity index (χ3n) is 7.27. The largest absolute Gasteiger partial charge is 0.493 e. The van der Waals surface area contributed by atoms with E-state index in [9.17, 15) is 0 Å². The Labute approximate surface area is 202 Å². The van der Waals surface area contributed by atoms with Crippen molar-refractivity contribution < 1.29 is 4.74 Å². The van der Waals surface area contributed by atoms with Crippen LogP contribution in [0.3, 0.4) is 0 Å². The number of piperidine rings is 1. The average molecular weight is 457 g/mol. The van der Waals surface area contributed by atoms with Gasteiger partial charge in [0.2, 0.25) is 0 Å². The Kier molecular flexibility index (Phi) is 6.73. The Morgan fingerprint density at radius 3 is 2.68 bits per heavy atom. The van der Waals surface area contributed by atoms with Gasteiger partial charge in [0.25, 0.3) is 0 Å². The van der Waals surface area contributed by atoms with Crippen LogP contribution in [0.15, 0.2) is 48.7 Å². The Morgan fingerprint density at radius 1 is 1.06 bits per heavy atom. The van der Waals surface area contributed by atoms with E-state index in [2.05, 4.69) is 70.1 Å². The Bertz CT molecular complexity index is 1250. The summed E-state index contributed by atoms with van der Waals surface area (Å²) in [5.41, 5.74) is 7.58. The van der Waals surface area contributed by atoms with Gasteiger partial charge in [0.05, 0.1) is 12.3 Å². The molecule has 0 unspecified atom stereocenters. The van der Waals surface area contributed by atoms with E-state index in [1.807, 2.05) is 19.2 Å². The van der Waals surface area contributed by atoms with Gasteiger partial charge < -0.3 is 19.6 Å². The second-order valence-corrected chi connectivity index (χ2v) is 9.67. The molecule has 2 aromatic carbocycles. The lowest BCUT2D eigenvalue weighted by Gasteiger charge is -2.32. The summed E-state index contributed by atoms with van der Waals surface area (Å²) >= 11 is 0. The number of imidazole rings is 1. The highest BCUT2D eigenvalue weighted by Gasteiger charge is 2.21. The summed E-state index contributed by atoms with van der Waals surface area (Å²) in [6, 6.07) is 15.4. The van der Waals surface area contributed by atoms with E-state index >= 15 is 0 Å². The number of nitrogens with zero attached hydrogens (tertiary/aromatic N) is 2. The number of H-pyrrole nitrogens is 2. The highest BCUT2D eigenvalue weighted by atomic mass is 16.5. The first-order valence-electron chi connectivity index (χ1n) is 12.7. The van der Waals surface area contributed by atoms with Gasteiger partial charge in [-0.1, -0.05) is 31.2 Å². The first-order valence-corrected chi connectivity index (χ1v) is 12.7. The summed E-state index contributed by atoms with van der Waals surface area (Å²) < 4.78 is 6.21. The summed E-state index contributed by atoms with van der Waals surface area (Å²) in [4.78, 5) is 13.8. The third kappa shape index (κ3) is 4.90. The number of aromatic amines is 2. The van der Waals surface area contributed by atoms with Crippen LogP contribution in [0.1, 0.15) is 54.5 Å². The maximum atomic E-state index is 6.21. The molecule has 0 bridgehead atoms. The van der Waals surface area contributed by atoms with Crippen LogP contribution in [-0.2, 0) is 6.42 Å². The highest BCUT2D eigenvalue weighted by Crippen LogP contribution is 2.31. The summed E-state index contributed by atoms with van der Waals surface area (Å²) in [7, 11) is 0. The fourth-order valence-corrected chi connectivity index (χ4v) is 5.22. The molecule has 2 N–H and O–H groups in total. The van der Waals surface area contributed by atoms with Crippen molar-refractivity contribution in [1.29, 1.82) is 0 Å². The first kappa shape index (κ1) is 22.7.